The van der Waals surface area contributed by atoms with E-state index in [1.807, 2.05) is 25.4 Å². The molecule has 0 saturated carbocycles. The Hall–Kier alpha value is -2.23. The van der Waals surface area contributed by atoms with Crippen LogP contribution in [0.2, 0.25) is 0 Å². The van der Waals surface area contributed by atoms with Crippen LogP contribution in [-0.2, 0) is 7.05 Å². The zero-order chi connectivity index (χ0) is 12.7. The van der Waals surface area contributed by atoms with E-state index in [1.54, 1.807) is 24.0 Å². The molecule has 0 unspecified atom stereocenters. The summed E-state index contributed by atoms with van der Waals surface area (Å²) >= 11 is 0. The number of aryl methyl sites for hydroxylation is 2. The van der Waals surface area contributed by atoms with Crippen LogP contribution in [0, 0.1) is 12.7 Å². The molecule has 0 aliphatic carbocycles. The Morgan fingerprint density at radius 3 is 2.67 bits per heavy atom. The highest BCUT2D eigenvalue weighted by Crippen LogP contribution is 2.23. The summed E-state index contributed by atoms with van der Waals surface area (Å²) in [4.78, 5) is 4.29. The first-order valence-electron chi connectivity index (χ1n) is 5.68. The Morgan fingerprint density at radius 1 is 1.11 bits per heavy atom. The highest BCUT2D eigenvalue weighted by atomic mass is 19.1. The first-order chi connectivity index (χ1) is 8.63. The summed E-state index contributed by atoms with van der Waals surface area (Å²) in [7, 11) is 1.87. The van der Waals surface area contributed by atoms with E-state index in [0.29, 0.717) is 11.1 Å². The molecule has 0 fully saturated rings. The van der Waals surface area contributed by atoms with Gasteiger partial charge in [0.05, 0.1) is 11.7 Å². The largest absolute Gasteiger partial charge is 0.275 e. The Labute approximate surface area is 104 Å². The predicted octanol–water partition coefficient (Wildman–Crippen LogP) is 3.08. The van der Waals surface area contributed by atoms with Gasteiger partial charge in [-0.25, -0.2) is 4.39 Å². The highest BCUT2D eigenvalue weighted by molar-refractivity contribution is 5.84. The lowest BCUT2D eigenvalue weighted by Crippen LogP contribution is -1.87. The Morgan fingerprint density at radius 2 is 1.94 bits per heavy atom. The van der Waals surface area contributed by atoms with Crippen molar-refractivity contribution in [2.75, 3.05) is 0 Å². The van der Waals surface area contributed by atoms with Crippen LogP contribution in [-0.4, -0.2) is 14.8 Å². The summed E-state index contributed by atoms with van der Waals surface area (Å²) in [5, 5.41) is 5.07. The molecular formula is C14H12FN3. The lowest BCUT2D eigenvalue weighted by Gasteiger charge is -2.03. The number of hydrogen-bond donors (Lipinski definition) is 0. The second-order valence-electron chi connectivity index (χ2n) is 4.42. The minimum atomic E-state index is -0.218. The monoisotopic (exact) mass is 241 g/mol. The first kappa shape index (κ1) is 10.9. The number of pyridine rings is 1. The minimum absolute atomic E-state index is 0.218. The maximum absolute atomic E-state index is 13.4. The predicted molar refractivity (Wildman–Crippen MR) is 68.6 cm³/mol. The molecule has 0 bridgehead atoms. The summed E-state index contributed by atoms with van der Waals surface area (Å²) in [6, 6.07) is 5.29. The van der Waals surface area contributed by atoms with Crippen molar-refractivity contribution < 1.29 is 4.39 Å². The third-order valence-electron chi connectivity index (χ3n) is 3.00. The van der Waals surface area contributed by atoms with Crippen molar-refractivity contribution in [1.29, 1.82) is 0 Å². The van der Waals surface area contributed by atoms with Crippen molar-refractivity contribution in [3.8, 4) is 11.1 Å². The number of benzene rings is 1. The van der Waals surface area contributed by atoms with Crippen LogP contribution in [0.15, 0.2) is 36.8 Å². The van der Waals surface area contributed by atoms with E-state index in [-0.39, 0.29) is 5.82 Å². The van der Waals surface area contributed by atoms with Gasteiger partial charge in [-0.3, -0.25) is 9.67 Å². The second-order valence-corrected chi connectivity index (χ2v) is 4.42. The molecule has 0 spiro atoms. The first-order valence-corrected chi connectivity index (χ1v) is 5.68. The smallest absolute Gasteiger partial charge is 0.128 e. The summed E-state index contributed by atoms with van der Waals surface area (Å²) in [6.45, 7) is 1.76. The number of nitrogens with zero attached hydrogens (tertiary/aromatic N) is 3. The average molecular weight is 241 g/mol. The van der Waals surface area contributed by atoms with Gasteiger partial charge in [-0.1, -0.05) is 0 Å². The van der Waals surface area contributed by atoms with Crippen LogP contribution in [0.25, 0.3) is 22.0 Å². The van der Waals surface area contributed by atoms with Crippen LogP contribution in [0.1, 0.15) is 5.56 Å². The van der Waals surface area contributed by atoms with Crippen LogP contribution in [0.5, 0.6) is 0 Å². The molecule has 3 rings (SSSR count). The zero-order valence-electron chi connectivity index (χ0n) is 10.2. The van der Waals surface area contributed by atoms with Gasteiger partial charge in [0, 0.05) is 42.0 Å². The molecule has 0 N–H and O–H groups in total. The van der Waals surface area contributed by atoms with Gasteiger partial charge in [-0.05, 0) is 24.6 Å². The molecule has 4 heteroatoms. The van der Waals surface area contributed by atoms with Crippen LogP contribution in [0.3, 0.4) is 0 Å². The van der Waals surface area contributed by atoms with E-state index >= 15 is 0 Å². The molecule has 3 aromatic rings. The fourth-order valence-electron chi connectivity index (χ4n) is 1.99. The number of aromatic nitrogens is 3. The quantitative estimate of drug-likeness (QED) is 0.655. The molecular weight excluding hydrogens is 229 g/mol. The fourth-order valence-corrected chi connectivity index (χ4v) is 1.99. The van der Waals surface area contributed by atoms with Gasteiger partial charge in [0.1, 0.15) is 5.82 Å². The van der Waals surface area contributed by atoms with Crippen molar-refractivity contribution in [3.63, 3.8) is 0 Å². The van der Waals surface area contributed by atoms with Crippen molar-refractivity contribution in [1.82, 2.24) is 14.8 Å². The van der Waals surface area contributed by atoms with Gasteiger partial charge >= 0.3 is 0 Å². The van der Waals surface area contributed by atoms with Crippen molar-refractivity contribution in [2.24, 2.45) is 7.05 Å². The van der Waals surface area contributed by atoms with E-state index in [1.165, 1.54) is 6.07 Å². The third-order valence-corrected chi connectivity index (χ3v) is 3.00. The number of rotatable bonds is 1. The van der Waals surface area contributed by atoms with Crippen LogP contribution >= 0.6 is 0 Å². The number of halogens is 1. The lowest BCUT2D eigenvalue weighted by atomic mass is 10.1. The molecule has 0 saturated heterocycles. The zero-order valence-corrected chi connectivity index (χ0v) is 10.2. The highest BCUT2D eigenvalue weighted by Gasteiger charge is 2.05. The number of fused-ring (bicyclic) bond motifs is 1. The second kappa shape index (κ2) is 3.91. The SMILES string of the molecule is Cc1cc2cc(-c3cnn(C)c3)cnc2cc1F. The van der Waals surface area contributed by atoms with Crippen molar-refractivity contribution >= 4 is 10.9 Å². The molecule has 1 aromatic carbocycles. The van der Waals surface area contributed by atoms with E-state index in [0.717, 1.165) is 16.5 Å². The fraction of sp³-hybridized carbons (Fsp3) is 0.143. The van der Waals surface area contributed by atoms with Gasteiger partial charge in [-0.2, -0.15) is 5.10 Å². The molecule has 18 heavy (non-hydrogen) atoms. The van der Waals surface area contributed by atoms with Crippen LogP contribution < -0.4 is 0 Å². The summed E-state index contributed by atoms with van der Waals surface area (Å²) in [5.74, 6) is -0.218. The Kier molecular flexibility index (Phi) is 2.37. The van der Waals surface area contributed by atoms with E-state index in [4.69, 9.17) is 0 Å². The van der Waals surface area contributed by atoms with Gasteiger partial charge in [0.25, 0.3) is 0 Å². The van der Waals surface area contributed by atoms with Crippen LogP contribution in [0.4, 0.5) is 4.39 Å². The Balaban J connectivity index is 2.19. The summed E-state index contributed by atoms with van der Waals surface area (Å²) in [5.41, 5.74) is 3.30. The molecule has 0 aliphatic heterocycles. The minimum Gasteiger partial charge on any atom is -0.275 e. The van der Waals surface area contributed by atoms with E-state index in [2.05, 4.69) is 10.1 Å². The summed E-state index contributed by atoms with van der Waals surface area (Å²) < 4.78 is 15.2. The van der Waals surface area contributed by atoms with Gasteiger partial charge in [0.15, 0.2) is 0 Å². The van der Waals surface area contributed by atoms with E-state index < -0.39 is 0 Å². The third kappa shape index (κ3) is 1.76. The van der Waals surface area contributed by atoms with Gasteiger partial charge < -0.3 is 0 Å². The normalized spacial score (nSPS) is 11.1. The van der Waals surface area contributed by atoms with E-state index in [9.17, 15) is 4.39 Å². The molecule has 90 valence electrons. The average Bonchev–Trinajstić information content (AvgIpc) is 2.77. The molecule has 0 amide bonds. The topological polar surface area (TPSA) is 30.7 Å². The molecule has 2 heterocycles. The number of hydrogen-bond acceptors (Lipinski definition) is 2. The maximum Gasteiger partial charge on any atom is 0.128 e. The standard InChI is InChI=1S/C14H12FN3/c1-9-3-10-4-11(12-7-17-18(2)8-12)6-16-14(10)5-13(9)15/h3-8H,1-2H3. The Bertz CT molecular complexity index is 731. The van der Waals surface area contributed by atoms with Gasteiger partial charge in [0.2, 0.25) is 0 Å². The van der Waals surface area contributed by atoms with Crippen molar-refractivity contribution in [3.05, 3.63) is 48.2 Å². The maximum atomic E-state index is 13.4. The molecule has 3 nitrogen and oxygen atoms in total. The molecule has 2 aromatic heterocycles. The molecule has 0 atom stereocenters. The van der Waals surface area contributed by atoms with Gasteiger partial charge in [-0.15, -0.1) is 0 Å². The lowest BCUT2D eigenvalue weighted by molar-refractivity contribution is 0.620. The summed E-state index contributed by atoms with van der Waals surface area (Å²) in [6.07, 6.45) is 5.46. The van der Waals surface area contributed by atoms with Crippen molar-refractivity contribution in [2.45, 2.75) is 6.92 Å². The molecule has 0 aliphatic rings. The molecule has 0 radical (unpaired) electrons.